The van der Waals surface area contributed by atoms with Crippen molar-refractivity contribution in [1.29, 1.82) is 0 Å². The zero-order valence-corrected chi connectivity index (χ0v) is 10.9. The molecule has 2 N–H and O–H groups in total. The molecule has 0 aliphatic rings. The Kier molecular flexibility index (Phi) is 3.58. The molecule has 0 aliphatic heterocycles. The van der Waals surface area contributed by atoms with Gasteiger partial charge in [-0.15, -0.1) is 0 Å². The third-order valence-corrected chi connectivity index (χ3v) is 2.81. The van der Waals surface area contributed by atoms with Crippen LogP contribution in [-0.2, 0) is 6.54 Å². The van der Waals surface area contributed by atoms with E-state index in [9.17, 15) is 0 Å². The van der Waals surface area contributed by atoms with Crippen LogP contribution in [-0.4, -0.2) is 19.7 Å². The standard InChI is InChI=1S/C10H12BrN5O/c1-2-3-16-5-7(4-15-16)17-10-8(11)9(12)13-6-14-10/h4-6H,2-3H2,1H3,(H2,12,13,14). The number of nitrogen functional groups attached to an aromatic ring is 1. The summed E-state index contributed by atoms with van der Waals surface area (Å²) in [5.74, 6) is 1.35. The number of halogens is 1. The lowest BCUT2D eigenvalue weighted by molar-refractivity contribution is 0.457. The summed E-state index contributed by atoms with van der Waals surface area (Å²) >= 11 is 3.27. The lowest BCUT2D eigenvalue weighted by Gasteiger charge is -2.04. The van der Waals surface area contributed by atoms with Crippen molar-refractivity contribution in [1.82, 2.24) is 19.7 Å². The number of nitrogens with two attached hydrogens (primary N) is 1. The van der Waals surface area contributed by atoms with Gasteiger partial charge in [0.25, 0.3) is 0 Å². The van der Waals surface area contributed by atoms with Crippen LogP contribution in [0.3, 0.4) is 0 Å². The summed E-state index contributed by atoms with van der Waals surface area (Å²) in [6, 6.07) is 0. The molecule has 0 amide bonds. The van der Waals surface area contributed by atoms with Crippen molar-refractivity contribution in [3.05, 3.63) is 23.2 Å². The zero-order chi connectivity index (χ0) is 12.3. The molecule has 17 heavy (non-hydrogen) atoms. The monoisotopic (exact) mass is 297 g/mol. The van der Waals surface area contributed by atoms with Crippen LogP contribution in [0.25, 0.3) is 0 Å². The summed E-state index contributed by atoms with van der Waals surface area (Å²) in [4.78, 5) is 7.83. The van der Waals surface area contributed by atoms with Crippen molar-refractivity contribution in [2.45, 2.75) is 19.9 Å². The van der Waals surface area contributed by atoms with Crippen LogP contribution in [0, 0.1) is 0 Å². The predicted octanol–water partition coefficient (Wildman–Crippen LogP) is 2.22. The molecule has 2 heterocycles. The summed E-state index contributed by atoms with van der Waals surface area (Å²) < 4.78 is 7.91. The molecule has 0 bridgehead atoms. The minimum atomic E-state index is 0.343. The van der Waals surface area contributed by atoms with Crippen LogP contribution in [0.2, 0.25) is 0 Å². The van der Waals surface area contributed by atoms with Gasteiger partial charge in [0.05, 0.1) is 12.4 Å². The second-order valence-corrected chi connectivity index (χ2v) is 4.21. The molecule has 0 unspecified atom stereocenters. The van der Waals surface area contributed by atoms with Gasteiger partial charge in [-0.25, -0.2) is 9.97 Å². The lowest BCUT2D eigenvalue weighted by atomic mass is 10.5. The molecule has 0 radical (unpaired) electrons. The van der Waals surface area contributed by atoms with E-state index in [1.165, 1.54) is 6.33 Å². The number of aryl methyl sites for hydroxylation is 1. The molecule has 0 saturated heterocycles. The fourth-order valence-corrected chi connectivity index (χ4v) is 1.58. The van der Waals surface area contributed by atoms with Gasteiger partial charge in [-0.2, -0.15) is 5.10 Å². The van der Waals surface area contributed by atoms with Crippen LogP contribution in [0.4, 0.5) is 5.82 Å². The Morgan fingerprint density at radius 1 is 1.47 bits per heavy atom. The summed E-state index contributed by atoms with van der Waals surface area (Å²) in [7, 11) is 0. The molecule has 0 spiro atoms. The topological polar surface area (TPSA) is 78.8 Å². The summed E-state index contributed by atoms with van der Waals surface area (Å²) in [6.07, 6.45) is 5.83. The summed E-state index contributed by atoms with van der Waals surface area (Å²) in [5, 5.41) is 4.16. The first-order valence-electron chi connectivity index (χ1n) is 5.17. The number of anilines is 1. The van der Waals surface area contributed by atoms with Crippen molar-refractivity contribution >= 4 is 21.7 Å². The molecule has 2 rings (SSSR count). The molecule has 2 aromatic heterocycles. The zero-order valence-electron chi connectivity index (χ0n) is 9.30. The van der Waals surface area contributed by atoms with Crippen LogP contribution in [0.5, 0.6) is 11.6 Å². The van der Waals surface area contributed by atoms with Crippen molar-refractivity contribution in [3.63, 3.8) is 0 Å². The SMILES string of the molecule is CCCn1cc(Oc2ncnc(N)c2Br)cn1. The van der Waals surface area contributed by atoms with Gasteiger partial charge < -0.3 is 10.5 Å². The second kappa shape index (κ2) is 5.13. The van der Waals surface area contributed by atoms with Crippen LogP contribution >= 0.6 is 15.9 Å². The van der Waals surface area contributed by atoms with Gasteiger partial charge in [-0.3, -0.25) is 4.68 Å². The number of hydrogen-bond acceptors (Lipinski definition) is 5. The Morgan fingerprint density at radius 3 is 3.06 bits per heavy atom. The second-order valence-electron chi connectivity index (χ2n) is 3.42. The molecule has 0 saturated carbocycles. The molecule has 0 atom stereocenters. The molecule has 90 valence electrons. The minimum Gasteiger partial charge on any atom is -0.434 e. The Bertz CT molecular complexity index is 513. The van der Waals surface area contributed by atoms with Crippen molar-refractivity contribution < 1.29 is 4.74 Å². The third kappa shape index (κ3) is 2.73. The Morgan fingerprint density at radius 2 is 2.29 bits per heavy atom. The summed E-state index contributed by atoms with van der Waals surface area (Å²) in [5.41, 5.74) is 5.63. The van der Waals surface area contributed by atoms with E-state index in [1.807, 2.05) is 10.9 Å². The van der Waals surface area contributed by atoms with E-state index in [1.54, 1.807) is 6.20 Å². The first kappa shape index (κ1) is 11.8. The lowest BCUT2D eigenvalue weighted by Crippen LogP contribution is -1.97. The van der Waals surface area contributed by atoms with Gasteiger partial charge in [0, 0.05) is 6.54 Å². The third-order valence-electron chi connectivity index (χ3n) is 2.06. The average Bonchev–Trinajstić information content (AvgIpc) is 2.73. The Hall–Kier alpha value is -1.63. The normalized spacial score (nSPS) is 10.5. The number of nitrogens with zero attached hydrogens (tertiary/aromatic N) is 4. The molecular weight excluding hydrogens is 286 g/mol. The van der Waals surface area contributed by atoms with E-state index in [-0.39, 0.29) is 0 Å². The number of rotatable bonds is 4. The average molecular weight is 298 g/mol. The molecule has 2 aromatic rings. The number of aromatic nitrogens is 4. The highest BCUT2D eigenvalue weighted by atomic mass is 79.9. The van der Waals surface area contributed by atoms with Gasteiger partial charge in [-0.1, -0.05) is 6.92 Å². The maximum atomic E-state index is 5.63. The van der Waals surface area contributed by atoms with E-state index < -0.39 is 0 Å². The van der Waals surface area contributed by atoms with Crippen LogP contribution in [0.15, 0.2) is 23.2 Å². The van der Waals surface area contributed by atoms with Crippen molar-refractivity contribution in [2.24, 2.45) is 0 Å². The maximum absolute atomic E-state index is 5.63. The van der Waals surface area contributed by atoms with Crippen molar-refractivity contribution in [3.8, 4) is 11.6 Å². The van der Waals surface area contributed by atoms with E-state index in [2.05, 4.69) is 37.9 Å². The molecule has 6 nitrogen and oxygen atoms in total. The number of ether oxygens (including phenoxy) is 1. The quantitative estimate of drug-likeness (QED) is 0.936. The highest BCUT2D eigenvalue weighted by molar-refractivity contribution is 9.10. The fourth-order valence-electron chi connectivity index (χ4n) is 1.30. The van der Waals surface area contributed by atoms with Gasteiger partial charge in [0.2, 0.25) is 5.88 Å². The molecule has 0 aromatic carbocycles. The van der Waals surface area contributed by atoms with E-state index in [4.69, 9.17) is 10.5 Å². The highest BCUT2D eigenvalue weighted by Gasteiger charge is 2.09. The minimum absolute atomic E-state index is 0.343. The van der Waals surface area contributed by atoms with Gasteiger partial charge in [0.1, 0.15) is 16.6 Å². The Labute approximate surface area is 107 Å². The van der Waals surface area contributed by atoms with Gasteiger partial charge >= 0.3 is 0 Å². The summed E-state index contributed by atoms with van der Waals surface area (Å²) in [6.45, 7) is 2.94. The van der Waals surface area contributed by atoms with E-state index in [0.717, 1.165) is 13.0 Å². The van der Waals surface area contributed by atoms with E-state index in [0.29, 0.717) is 21.9 Å². The Balaban J connectivity index is 2.16. The smallest absolute Gasteiger partial charge is 0.239 e. The van der Waals surface area contributed by atoms with Crippen LogP contribution in [0.1, 0.15) is 13.3 Å². The molecule has 0 aliphatic carbocycles. The maximum Gasteiger partial charge on any atom is 0.239 e. The predicted molar refractivity (Wildman–Crippen MR) is 66.7 cm³/mol. The van der Waals surface area contributed by atoms with Crippen LogP contribution < -0.4 is 10.5 Å². The van der Waals surface area contributed by atoms with E-state index >= 15 is 0 Å². The fraction of sp³-hybridized carbons (Fsp3) is 0.300. The number of hydrogen-bond donors (Lipinski definition) is 1. The highest BCUT2D eigenvalue weighted by Crippen LogP contribution is 2.29. The largest absolute Gasteiger partial charge is 0.434 e. The van der Waals surface area contributed by atoms with Crippen molar-refractivity contribution in [2.75, 3.05) is 5.73 Å². The van der Waals surface area contributed by atoms with Gasteiger partial charge in [0.15, 0.2) is 5.75 Å². The first-order chi connectivity index (χ1) is 8.20. The first-order valence-corrected chi connectivity index (χ1v) is 5.96. The van der Waals surface area contributed by atoms with Gasteiger partial charge in [-0.05, 0) is 22.4 Å². The molecular formula is C10H12BrN5O. The molecule has 0 fully saturated rings. The molecule has 7 heteroatoms.